The van der Waals surface area contributed by atoms with Crippen molar-refractivity contribution in [1.82, 2.24) is 5.32 Å². The molecule has 0 unspecified atom stereocenters. The van der Waals surface area contributed by atoms with Gasteiger partial charge in [0.25, 0.3) is 0 Å². The molecule has 192 valence electrons. The van der Waals surface area contributed by atoms with Crippen molar-refractivity contribution in [3.63, 3.8) is 0 Å². The summed E-state index contributed by atoms with van der Waals surface area (Å²) in [6, 6.07) is 15.7. The third-order valence-electron chi connectivity index (χ3n) is 7.35. The van der Waals surface area contributed by atoms with Crippen LogP contribution in [0, 0.1) is 5.92 Å². The second-order valence-corrected chi connectivity index (χ2v) is 9.82. The lowest BCUT2D eigenvalue weighted by Gasteiger charge is -2.37. The summed E-state index contributed by atoms with van der Waals surface area (Å²) in [5.74, 6) is 0.626. The predicted octanol–water partition coefficient (Wildman–Crippen LogP) is 2.80. The lowest BCUT2D eigenvalue weighted by molar-refractivity contribution is -0.142. The van der Waals surface area contributed by atoms with Gasteiger partial charge < -0.3 is 30.0 Å². The standard InChI is InChI=1S/C28H34N2O6/c31-17-25-27-23(15-21(35-25)16-26(32)29-11-8-18-4-2-1-3-5-18)22-14-20(6-7-24(22)36-27)30-28(33)19-9-12-34-13-10-19/h1-7,14,19,21,23,25,27,31H,8-13,15-17H2,(H,29,32)(H,30,33)/t21-,23+,25-,27-/m0/s1. The van der Waals surface area contributed by atoms with Crippen molar-refractivity contribution in [3.8, 4) is 5.75 Å². The first-order valence-corrected chi connectivity index (χ1v) is 12.9. The number of rotatable bonds is 8. The quantitative estimate of drug-likeness (QED) is 0.521. The van der Waals surface area contributed by atoms with Gasteiger partial charge in [-0.1, -0.05) is 30.3 Å². The van der Waals surface area contributed by atoms with E-state index >= 15 is 0 Å². The average molecular weight is 495 g/mol. The Bertz CT molecular complexity index is 1060. The lowest BCUT2D eigenvalue weighted by atomic mass is 9.84. The van der Waals surface area contributed by atoms with Crippen molar-refractivity contribution in [2.75, 3.05) is 31.7 Å². The zero-order valence-electron chi connectivity index (χ0n) is 20.4. The van der Waals surface area contributed by atoms with Crippen LogP contribution >= 0.6 is 0 Å². The van der Waals surface area contributed by atoms with Gasteiger partial charge in [0.2, 0.25) is 11.8 Å². The van der Waals surface area contributed by atoms with E-state index in [1.807, 2.05) is 48.5 Å². The highest BCUT2D eigenvalue weighted by Crippen LogP contribution is 2.47. The molecular weight excluding hydrogens is 460 g/mol. The molecule has 3 heterocycles. The molecule has 2 fully saturated rings. The molecule has 0 aliphatic carbocycles. The Hall–Kier alpha value is -2.94. The van der Waals surface area contributed by atoms with Gasteiger partial charge in [0, 0.05) is 42.8 Å². The third kappa shape index (κ3) is 5.72. The molecule has 5 rings (SSSR count). The number of aliphatic hydroxyl groups is 1. The number of anilines is 1. The molecule has 8 heteroatoms. The molecule has 2 saturated heterocycles. The summed E-state index contributed by atoms with van der Waals surface area (Å²) in [4.78, 5) is 25.3. The van der Waals surface area contributed by atoms with E-state index in [1.54, 1.807) is 0 Å². The number of hydrogen-bond donors (Lipinski definition) is 3. The molecule has 36 heavy (non-hydrogen) atoms. The molecule has 0 saturated carbocycles. The summed E-state index contributed by atoms with van der Waals surface area (Å²) in [7, 11) is 0. The van der Waals surface area contributed by atoms with Crippen molar-refractivity contribution in [1.29, 1.82) is 0 Å². The van der Waals surface area contributed by atoms with E-state index in [1.165, 1.54) is 5.56 Å². The van der Waals surface area contributed by atoms with E-state index in [4.69, 9.17) is 14.2 Å². The Morgan fingerprint density at radius 3 is 2.64 bits per heavy atom. The summed E-state index contributed by atoms with van der Waals surface area (Å²) >= 11 is 0. The van der Waals surface area contributed by atoms with Crippen LogP contribution in [0.4, 0.5) is 5.69 Å². The topological polar surface area (TPSA) is 106 Å². The van der Waals surface area contributed by atoms with E-state index in [-0.39, 0.29) is 48.9 Å². The first-order valence-electron chi connectivity index (χ1n) is 12.9. The Kier molecular flexibility index (Phi) is 7.84. The number of fused-ring (bicyclic) bond motifs is 3. The number of ether oxygens (including phenoxy) is 3. The maximum absolute atomic E-state index is 12.7. The molecule has 4 atom stereocenters. The molecule has 3 aliphatic rings. The van der Waals surface area contributed by atoms with Gasteiger partial charge in [-0.2, -0.15) is 0 Å². The SMILES string of the molecule is O=C(C[C@@H]1C[C@@H]2c3cc(NC(=O)C4CCOCC4)ccc3O[C@@H]2[C@H](CO)O1)NCCc1ccccc1. The maximum Gasteiger partial charge on any atom is 0.227 e. The molecule has 0 radical (unpaired) electrons. The fourth-order valence-corrected chi connectivity index (χ4v) is 5.44. The van der Waals surface area contributed by atoms with Crippen molar-refractivity contribution in [2.45, 2.75) is 56.3 Å². The van der Waals surface area contributed by atoms with Gasteiger partial charge >= 0.3 is 0 Å². The molecular formula is C28H34N2O6. The highest BCUT2D eigenvalue weighted by Gasteiger charge is 2.46. The van der Waals surface area contributed by atoms with Gasteiger partial charge in [-0.25, -0.2) is 0 Å². The molecule has 2 aromatic carbocycles. The van der Waals surface area contributed by atoms with Crippen LogP contribution in [0.15, 0.2) is 48.5 Å². The van der Waals surface area contributed by atoms with Gasteiger partial charge in [0.15, 0.2) is 0 Å². The second kappa shape index (κ2) is 11.4. The number of carbonyl (C=O) groups is 2. The number of benzene rings is 2. The maximum atomic E-state index is 12.7. The van der Waals surface area contributed by atoms with Crippen molar-refractivity contribution >= 4 is 17.5 Å². The molecule has 3 N–H and O–H groups in total. The van der Waals surface area contributed by atoms with Gasteiger partial charge in [0.05, 0.1) is 19.1 Å². The van der Waals surface area contributed by atoms with Gasteiger partial charge in [-0.15, -0.1) is 0 Å². The van der Waals surface area contributed by atoms with Gasteiger partial charge in [0.1, 0.15) is 18.0 Å². The van der Waals surface area contributed by atoms with E-state index < -0.39 is 6.10 Å². The highest BCUT2D eigenvalue weighted by molar-refractivity contribution is 5.92. The molecule has 0 spiro atoms. The first kappa shape index (κ1) is 24.7. The fourth-order valence-electron chi connectivity index (χ4n) is 5.44. The van der Waals surface area contributed by atoms with Gasteiger partial charge in [-0.05, 0) is 49.4 Å². The normalized spacial score (nSPS) is 25.4. The van der Waals surface area contributed by atoms with Crippen LogP contribution < -0.4 is 15.4 Å². The fraction of sp³-hybridized carbons (Fsp3) is 0.500. The number of carbonyl (C=O) groups excluding carboxylic acids is 2. The monoisotopic (exact) mass is 494 g/mol. The number of aliphatic hydroxyl groups excluding tert-OH is 1. The smallest absolute Gasteiger partial charge is 0.227 e. The van der Waals surface area contributed by atoms with Crippen LogP contribution in [-0.2, 0) is 25.5 Å². The Morgan fingerprint density at radius 1 is 1.06 bits per heavy atom. The number of hydrogen-bond acceptors (Lipinski definition) is 6. The van der Waals surface area contributed by atoms with Crippen molar-refractivity contribution in [2.24, 2.45) is 5.92 Å². The minimum absolute atomic E-state index is 0.0129. The van der Waals surface area contributed by atoms with E-state index in [2.05, 4.69) is 10.6 Å². The molecule has 2 aromatic rings. The Labute approximate surface area is 211 Å². The molecule has 0 bridgehead atoms. The van der Waals surface area contributed by atoms with Crippen molar-refractivity contribution < 1.29 is 28.9 Å². The lowest BCUT2D eigenvalue weighted by Crippen LogP contribution is -2.47. The van der Waals surface area contributed by atoms with E-state index in [9.17, 15) is 14.7 Å². The van der Waals surface area contributed by atoms with E-state index in [0.29, 0.717) is 26.2 Å². The largest absolute Gasteiger partial charge is 0.487 e. The first-order chi connectivity index (χ1) is 17.6. The van der Waals surface area contributed by atoms with Crippen LogP contribution in [0.25, 0.3) is 0 Å². The molecule has 2 amide bonds. The van der Waals surface area contributed by atoms with Gasteiger partial charge in [-0.3, -0.25) is 9.59 Å². The Morgan fingerprint density at radius 2 is 1.86 bits per heavy atom. The average Bonchev–Trinajstić information content (AvgIpc) is 3.27. The zero-order valence-corrected chi connectivity index (χ0v) is 20.4. The summed E-state index contributed by atoms with van der Waals surface area (Å²) < 4.78 is 17.6. The number of nitrogens with one attached hydrogen (secondary N) is 2. The van der Waals surface area contributed by atoms with Crippen LogP contribution in [0.2, 0.25) is 0 Å². The van der Waals surface area contributed by atoms with Crippen LogP contribution in [0.3, 0.4) is 0 Å². The summed E-state index contributed by atoms with van der Waals surface area (Å²) in [5, 5.41) is 16.0. The molecule has 3 aliphatic heterocycles. The van der Waals surface area contributed by atoms with E-state index in [0.717, 1.165) is 36.3 Å². The zero-order chi connectivity index (χ0) is 24.9. The Balaban J connectivity index is 1.20. The highest BCUT2D eigenvalue weighted by atomic mass is 16.6. The predicted molar refractivity (Wildman–Crippen MR) is 134 cm³/mol. The summed E-state index contributed by atoms with van der Waals surface area (Å²) in [6.07, 6.45) is 1.91. The minimum Gasteiger partial charge on any atom is -0.487 e. The summed E-state index contributed by atoms with van der Waals surface area (Å²) in [5.41, 5.74) is 2.90. The number of amides is 2. The van der Waals surface area contributed by atoms with Crippen LogP contribution in [0.1, 0.15) is 42.7 Å². The minimum atomic E-state index is -0.515. The van der Waals surface area contributed by atoms with Crippen molar-refractivity contribution in [3.05, 3.63) is 59.7 Å². The van der Waals surface area contributed by atoms with Crippen LogP contribution in [-0.4, -0.2) is 61.6 Å². The third-order valence-corrected chi connectivity index (χ3v) is 7.35. The van der Waals surface area contributed by atoms with Crippen LogP contribution in [0.5, 0.6) is 5.75 Å². The molecule has 0 aromatic heterocycles. The molecule has 8 nitrogen and oxygen atoms in total. The summed E-state index contributed by atoms with van der Waals surface area (Å²) in [6.45, 7) is 1.61. The second-order valence-electron chi connectivity index (χ2n) is 9.82.